The van der Waals surface area contributed by atoms with Crippen LogP contribution in [0.1, 0.15) is 17.2 Å². The average Bonchev–Trinajstić information content (AvgIpc) is 2.84. The first kappa shape index (κ1) is 26.1. The van der Waals surface area contributed by atoms with Crippen LogP contribution in [0.2, 0.25) is 5.02 Å². The van der Waals surface area contributed by atoms with Crippen LogP contribution in [-0.4, -0.2) is 22.7 Å². The van der Waals surface area contributed by atoms with Gasteiger partial charge in [-0.25, -0.2) is 22.3 Å². The quantitative estimate of drug-likeness (QED) is 0.303. The van der Waals surface area contributed by atoms with Crippen LogP contribution in [0, 0.1) is 16.4 Å². The molecular formula is C24H16ClF2N5O3S3. The Kier molecular flexibility index (Phi) is 6.65. The molecule has 38 heavy (non-hydrogen) atoms. The highest BCUT2D eigenvalue weighted by Gasteiger charge is 2.33. The summed E-state index contributed by atoms with van der Waals surface area (Å²) in [5.74, 6) is -1.49. The van der Waals surface area contributed by atoms with E-state index in [0.29, 0.717) is 16.8 Å². The zero-order chi connectivity index (χ0) is 27.4. The maximum atomic E-state index is 15.0. The third-order valence-electron chi connectivity index (χ3n) is 5.87. The van der Waals surface area contributed by atoms with Crippen molar-refractivity contribution in [2.45, 2.75) is 10.9 Å². The molecule has 4 N–H and O–H groups in total. The second kappa shape index (κ2) is 9.67. The third kappa shape index (κ3) is 4.63. The fourth-order valence-corrected chi connectivity index (χ4v) is 5.41. The summed E-state index contributed by atoms with van der Waals surface area (Å²) in [4.78, 5) is 13.9. The van der Waals surface area contributed by atoms with E-state index in [1.165, 1.54) is 39.5 Å². The van der Waals surface area contributed by atoms with E-state index in [2.05, 4.69) is 10.6 Å². The van der Waals surface area contributed by atoms with Crippen LogP contribution in [0.3, 0.4) is 0 Å². The smallest absolute Gasteiger partial charge is 0.266 e. The van der Waals surface area contributed by atoms with Crippen molar-refractivity contribution in [3.05, 3.63) is 110 Å². The number of rotatable bonds is 4. The molecule has 2 heterocycles. The molecule has 0 bridgehead atoms. The number of aromatic nitrogens is 2. The predicted molar refractivity (Wildman–Crippen MR) is 146 cm³/mol. The molecule has 1 aliphatic rings. The van der Waals surface area contributed by atoms with Gasteiger partial charge in [0.2, 0.25) is 10.0 Å². The summed E-state index contributed by atoms with van der Waals surface area (Å²) >= 11 is 17.2. The first-order valence-corrected chi connectivity index (χ1v) is 13.5. The molecule has 0 saturated heterocycles. The summed E-state index contributed by atoms with van der Waals surface area (Å²) in [6, 6.07) is 13.7. The van der Waals surface area contributed by atoms with Crippen LogP contribution in [0.15, 0.2) is 76.4 Å². The van der Waals surface area contributed by atoms with E-state index in [9.17, 15) is 22.0 Å². The molecule has 1 unspecified atom stereocenters. The van der Waals surface area contributed by atoms with Crippen molar-refractivity contribution in [3.8, 4) is 11.4 Å². The van der Waals surface area contributed by atoms with Crippen molar-refractivity contribution in [1.82, 2.24) is 14.5 Å². The maximum absolute atomic E-state index is 15.0. The van der Waals surface area contributed by atoms with Crippen LogP contribution in [0.25, 0.3) is 11.4 Å². The highest BCUT2D eigenvalue weighted by molar-refractivity contribution is 7.89. The van der Waals surface area contributed by atoms with Gasteiger partial charge in [0.25, 0.3) is 5.56 Å². The standard InChI is InChI=1S/C24H16ClF2N5O3S3/c25-12-1-4-14(5-2-12)31-21-19(20(29-23(36)30-21)17-10-3-13(26)11-18(17)27)22(33)32(24(31)37)15-6-8-16(9-7-15)38(28,34)35/h1-11,20H,(H2,28,34,35)(H2,29,30,36). The van der Waals surface area contributed by atoms with Crippen molar-refractivity contribution in [2.24, 2.45) is 5.14 Å². The SMILES string of the molecule is NS(=O)(=O)c1ccc(-n2c(=O)c3c(n(-c4ccc(Cl)cc4)c2=S)NC(=S)NC3c2ccc(F)cc2F)cc1. The lowest BCUT2D eigenvalue weighted by Crippen LogP contribution is -2.45. The Labute approximate surface area is 230 Å². The Balaban J connectivity index is 1.87. The molecule has 14 heteroatoms. The van der Waals surface area contributed by atoms with Crippen molar-refractivity contribution < 1.29 is 17.2 Å². The number of nitrogens with zero attached hydrogens (tertiary/aromatic N) is 2. The topological polar surface area (TPSA) is 111 Å². The van der Waals surface area contributed by atoms with Gasteiger partial charge in [-0.15, -0.1) is 0 Å². The molecule has 4 aromatic rings. The summed E-state index contributed by atoms with van der Waals surface area (Å²) in [6.07, 6.45) is 0. The van der Waals surface area contributed by atoms with Gasteiger partial charge in [0.15, 0.2) is 9.88 Å². The van der Waals surface area contributed by atoms with Gasteiger partial charge in [0.05, 0.1) is 22.2 Å². The summed E-state index contributed by atoms with van der Waals surface area (Å²) < 4.78 is 54.8. The van der Waals surface area contributed by atoms with Crippen molar-refractivity contribution >= 4 is 57.0 Å². The van der Waals surface area contributed by atoms with Gasteiger partial charge in [0, 0.05) is 22.3 Å². The van der Waals surface area contributed by atoms with Crippen LogP contribution in [0.5, 0.6) is 0 Å². The number of halogens is 3. The Morgan fingerprint density at radius 3 is 2.13 bits per heavy atom. The van der Waals surface area contributed by atoms with E-state index in [0.717, 1.165) is 6.07 Å². The molecule has 1 aliphatic heterocycles. The maximum Gasteiger partial charge on any atom is 0.266 e. The van der Waals surface area contributed by atoms with Crippen molar-refractivity contribution in [3.63, 3.8) is 0 Å². The summed E-state index contributed by atoms with van der Waals surface area (Å²) in [5.41, 5.74) is 0.0907. The van der Waals surface area contributed by atoms with E-state index in [1.807, 2.05) is 0 Å². The van der Waals surface area contributed by atoms with E-state index in [1.54, 1.807) is 24.3 Å². The van der Waals surface area contributed by atoms with E-state index >= 15 is 0 Å². The molecule has 0 amide bonds. The molecule has 0 radical (unpaired) electrons. The van der Waals surface area contributed by atoms with Gasteiger partial charge >= 0.3 is 0 Å². The fourth-order valence-electron chi connectivity index (χ4n) is 4.17. The minimum Gasteiger partial charge on any atom is -0.351 e. The first-order valence-electron chi connectivity index (χ1n) is 10.8. The predicted octanol–water partition coefficient (Wildman–Crippen LogP) is 4.33. The number of anilines is 1. The first-order chi connectivity index (χ1) is 18.0. The number of sulfonamides is 1. The molecular weight excluding hydrogens is 576 g/mol. The molecule has 0 fully saturated rings. The Hall–Kier alpha value is -3.49. The van der Waals surface area contributed by atoms with Gasteiger partial charge in [-0.2, -0.15) is 0 Å². The number of hydrogen-bond acceptors (Lipinski definition) is 5. The van der Waals surface area contributed by atoms with Gasteiger partial charge in [-0.1, -0.05) is 17.7 Å². The highest BCUT2D eigenvalue weighted by atomic mass is 35.5. The molecule has 3 aromatic carbocycles. The Morgan fingerprint density at radius 1 is 0.921 bits per heavy atom. The normalized spacial score (nSPS) is 14.9. The number of nitrogens with one attached hydrogen (secondary N) is 2. The zero-order valence-corrected chi connectivity index (χ0v) is 22.2. The molecule has 1 aromatic heterocycles. The summed E-state index contributed by atoms with van der Waals surface area (Å²) in [7, 11) is -3.99. The zero-order valence-electron chi connectivity index (χ0n) is 19.0. The number of fused-ring (bicyclic) bond motifs is 1. The summed E-state index contributed by atoms with van der Waals surface area (Å²) in [5, 5.41) is 11.6. The molecule has 0 saturated carbocycles. The molecule has 0 aliphatic carbocycles. The third-order valence-corrected chi connectivity index (χ3v) is 7.64. The monoisotopic (exact) mass is 591 g/mol. The second-order valence-electron chi connectivity index (χ2n) is 8.23. The lowest BCUT2D eigenvalue weighted by molar-refractivity contribution is 0.556. The van der Waals surface area contributed by atoms with Crippen molar-refractivity contribution in [2.75, 3.05) is 5.32 Å². The Bertz CT molecular complexity index is 1840. The van der Waals surface area contributed by atoms with E-state index < -0.39 is 33.3 Å². The highest BCUT2D eigenvalue weighted by Crippen LogP contribution is 2.33. The van der Waals surface area contributed by atoms with Gasteiger partial charge < -0.3 is 10.6 Å². The largest absolute Gasteiger partial charge is 0.351 e. The molecule has 194 valence electrons. The number of thiocarbonyl (C=S) groups is 1. The van der Waals surface area contributed by atoms with Gasteiger partial charge in [-0.05, 0) is 79.0 Å². The van der Waals surface area contributed by atoms with Crippen molar-refractivity contribution in [1.29, 1.82) is 0 Å². The Morgan fingerprint density at radius 2 is 1.53 bits per heavy atom. The molecule has 5 rings (SSSR count). The lowest BCUT2D eigenvalue weighted by atomic mass is 9.97. The minimum atomic E-state index is -3.99. The number of benzene rings is 3. The number of nitrogens with two attached hydrogens (primary N) is 1. The van der Waals surface area contributed by atoms with E-state index in [4.69, 9.17) is 41.2 Å². The van der Waals surface area contributed by atoms with Crippen LogP contribution in [0.4, 0.5) is 14.6 Å². The van der Waals surface area contributed by atoms with Gasteiger partial charge in [0.1, 0.15) is 17.5 Å². The molecule has 1 atom stereocenters. The fraction of sp³-hybridized carbons (Fsp3) is 0.0417. The van der Waals surface area contributed by atoms with Crippen LogP contribution < -0.4 is 21.3 Å². The lowest BCUT2D eigenvalue weighted by Gasteiger charge is -2.32. The number of primary sulfonamides is 1. The van der Waals surface area contributed by atoms with Crippen LogP contribution in [-0.2, 0) is 10.0 Å². The number of hydrogen-bond donors (Lipinski definition) is 3. The summed E-state index contributed by atoms with van der Waals surface area (Å²) in [6.45, 7) is 0. The van der Waals surface area contributed by atoms with Crippen LogP contribution >= 0.6 is 36.0 Å². The average molecular weight is 592 g/mol. The molecule has 0 spiro atoms. The minimum absolute atomic E-state index is 0.00467. The van der Waals surface area contributed by atoms with Gasteiger partial charge in [-0.3, -0.25) is 13.9 Å². The second-order valence-corrected chi connectivity index (χ2v) is 11.0. The molecule has 8 nitrogen and oxygen atoms in total. The van der Waals surface area contributed by atoms with E-state index in [-0.39, 0.29) is 37.4 Å².